The smallest absolute Gasteiger partial charge is 0.315 e. The van der Waals surface area contributed by atoms with Crippen molar-refractivity contribution in [3.8, 4) is 17.6 Å². The van der Waals surface area contributed by atoms with Crippen molar-refractivity contribution in [3.05, 3.63) is 54.8 Å². The molecule has 1 aromatic carbocycles. The fourth-order valence-corrected chi connectivity index (χ4v) is 2.78. The maximum atomic E-state index is 10.9. The summed E-state index contributed by atoms with van der Waals surface area (Å²) in [6.45, 7) is 3.34. The number of nitrogens with zero attached hydrogens (tertiary/aromatic N) is 3. The Hall–Kier alpha value is -2.82. The molecule has 0 amide bonds. The van der Waals surface area contributed by atoms with E-state index in [2.05, 4.69) is 4.98 Å². The molecule has 25 heavy (non-hydrogen) atoms. The number of nitro groups is 1. The van der Waals surface area contributed by atoms with Gasteiger partial charge in [-0.2, -0.15) is 5.26 Å². The van der Waals surface area contributed by atoms with Crippen molar-refractivity contribution >= 4 is 40.5 Å². The molecule has 0 saturated carbocycles. The number of rotatable bonds is 3. The van der Waals surface area contributed by atoms with E-state index >= 15 is 0 Å². The molecule has 2 rings (SSSR count). The number of nitriles is 1. The predicted octanol–water partition coefficient (Wildman–Crippen LogP) is 4.39. The second kappa shape index (κ2) is 6.97. The van der Waals surface area contributed by atoms with E-state index in [1.54, 1.807) is 13.8 Å². The average molecular weight is 380 g/mol. The fraction of sp³-hybridized carbons (Fsp3) is 0.125. The predicted molar refractivity (Wildman–Crippen MR) is 93.6 cm³/mol. The number of benzene rings is 1. The molecule has 128 valence electrons. The van der Waals surface area contributed by atoms with Crippen LogP contribution in [0.25, 0.3) is 11.6 Å². The van der Waals surface area contributed by atoms with Gasteiger partial charge < -0.3 is 10.2 Å². The summed E-state index contributed by atoms with van der Waals surface area (Å²) in [6, 6.07) is 4.06. The maximum absolute atomic E-state index is 10.9. The van der Waals surface area contributed by atoms with Gasteiger partial charge in [0.05, 0.1) is 27.3 Å². The topological polar surface area (TPSA) is 120 Å². The van der Waals surface area contributed by atoms with E-state index in [4.69, 9.17) is 23.2 Å². The normalized spacial score (nSPS) is 11.2. The van der Waals surface area contributed by atoms with Crippen molar-refractivity contribution in [2.24, 2.45) is 0 Å². The number of nitro benzene ring substituents is 1. The number of hydrogen-bond acceptors (Lipinski definition) is 6. The van der Waals surface area contributed by atoms with Gasteiger partial charge in [-0.1, -0.05) is 23.2 Å². The summed E-state index contributed by atoms with van der Waals surface area (Å²) in [5, 5.41) is 40.0. The fourth-order valence-electron chi connectivity index (χ4n) is 2.28. The van der Waals surface area contributed by atoms with Crippen molar-refractivity contribution in [3.63, 3.8) is 0 Å². The Morgan fingerprint density at radius 2 is 2.00 bits per heavy atom. The van der Waals surface area contributed by atoms with Crippen molar-refractivity contribution < 1.29 is 15.1 Å². The third kappa shape index (κ3) is 3.50. The van der Waals surface area contributed by atoms with Gasteiger partial charge in [0.15, 0.2) is 5.75 Å². The Bertz CT molecular complexity index is 965. The second-order valence-corrected chi connectivity index (χ2v) is 5.87. The van der Waals surface area contributed by atoms with Crippen molar-refractivity contribution in [1.82, 2.24) is 4.98 Å². The molecule has 2 aromatic rings. The van der Waals surface area contributed by atoms with Gasteiger partial charge in [0.25, 0.3) is 0 Å². The number of phenolic OH excluding ortho intramolecular Hbond substituents is 2. The first-order chi connectivity index (χ1) is 11.7. The molecule has 1 aromatic heterocycles. The summed E-state index contributed by atoms with van der Waals surface area (Å²) in [7, 11) is 0. The van der Waals surface area contributed by atoms with Crippen molar-refractivity contribution in [2.75, 3.05) is 0 Å². The highest BCUT2D eigenvalue weighted by Gasteiger charge is 2.20. The average Bonchev–Trinajstić information content (AvgIpc) is 2.54. The van der Waals surface area contributed by atoms with E-state index < -0.39 is 22.1 Å². The van der Waals surface area contributed by atoms with Gasteiger partial charge in [-0.25, -0.2) is 4.98 Å². The molecule has 0 radical (unpaired) electrons. The van der Waals surface area contributed by atoms with Gasteiger partial charge in [-0.15, -0.1) is 0 Å². The molecule has 0 aliphatic rings. The van der Waals surface area contributed by atoms with Crippen LogP contribution in [0.5, 0.6) is 11.5 Å². The van der Waals surface area contributed by atoms with Gasteiger partial charge in [0, 0.05) is 11.6 Å². The summed E-state index contributed by atoms with van der Waals surface area (Å²) in [5.74, 6) is -1.53. The molecule has 1 heterocycles. The monoisotopic (exact) mass is 379 g/mol. The minimum absolute atomic E-state index is 0.0521. The highest BCUT2D eigenvalue weighted by atomic mass is 35.5. The third-order valence-corrected chi connectivity index (χ3v) is 4.31. The van der Waals surface area contributed by atoms with E-state index in [9.17, 15) is 25.6 Å². The zero-order chi connectivity index (χ0) is 18.9. The number of halogens is 2. The Kier molecular flexibility index (Phi) is 5.16. The first-order valence-corrected chi connectivity index (χ1v) is 7.57. The van der Waals surface area contributed by atoms with Crippen LogP contribution in [0.3, 0.4) is 0 Å². The summed E-state index contributed by atoms with van der Waals surface area (Å²) in [4.78, 5) is 14.2. The zero-order valence-electron chi connectivity index (χ0n) is 13.0. The number of allylic oxidation sites excluding steroid dienone is 1. The Balaban J connectivity index is 2.71. The lowest BCUT2D eigenvalue weighted by Crippen LogP contribution is -1.97. The van der Waals surface area contributed by atoms with Crippen LogP contribution in [0.2, 0.25) is 10.2 Å². The summed E-state index contributed by atoms with van der Waals surface area (Å²) >= 11 is 12.3. The van der Waals surface area contributed by atoms with Gasteiger partial charge in [-0.3, -0.25) is 10.1 Å². The molecule has 0 atom stereocenters. The molecule has 0 aliphatic carbocycles. The molecule has 0 fully saturated rings. The van der Waals surface area contributed by atoms with E-state index in [-0.39, 0.29) is 21.9 Å². The van der Waals surface area contributed by atoms with Crippen LogP contribution in [0.15, 0.2) is 12.1 Å². The molecule has 0 spiro atoms. The highest BCUT2D eigenvalue weighted by molar-refractivity contribution is 6.35. The van der Waals surface area contributed by atoms with Crippen molar-refractivity contribution in [2.45, 2.75) is 13.8 Å². The van der Waals surface area contributed by atoms with E-state index in [0.717, 1.165) is 12.1 Å². The lowest BCUT2D eigenvalue weighted by molar-refractivity contribution is -0.386. The summed E-state index contributed by atoms with van der Waals surface area (Å²) in [6.07, 6.45) is 1.29. The van der Waals surface area contributed by atoms with Crippen LogP contribution in [-0.4, -0.2) is 20.1 Å². The molecule has 0 bridgehead atoms. The second-order valence-electron chi connectivity index (χ2n) is 5.14. The van der Waals surface area contributed by atoms with E-state index in [0.29, 0.717) is 16.3 Å². The Morgan fingerprint density at radius 3 is 2.56 bits per heavy atom. The Labute approximate surface area is 152 Å². The number of aromatic nitrogens is 1. The molecular formula is C16H11Cl2N3O4. The van der Waals surface area contributed by atoms with Crippen LogP contribution in [0, 0.1) is 35.3 Å². The quantitative estimate of drug-likeness (QED) is 0.268. The Morgan fingerprint density at radius 1 is 1.36 bits per heavy atom. The first-order valence-electron chi connectivity index (χ1n) is 6.82. The van der Waals surface area contributed by atoms with Crippen LogP contribution in [-0.2, 0) is 0 Å². The molecule has 0 unspecified atom stereocenters. The van der Waals surface area contributed by atoms with Gasteiger partial charge in [0.2, 0.25) is 5.75 Å². The molecule has 9 heteroatoms. The molecule has 0 aliphatic heterocycles. The summed E-state index contributed by atoms with van der Waals surface area (Å²) < 4.78 is 0. The molecule has 0 saturated heterocycles. The standard InChI is InChI=1S/C16H11Cl2N3O4/c1-7-13(16(18)20-8(2)14(7)17)10(6-19)3-9-4-11(21(24)25)15(23)12(22)5-9/h3-5,22-23H,1-2H3/b10-3+. The summed E-state index contributed by atoms with van der Waals surface area (Å²) in [5.41, 5.74) is 0.816. The van der Waals surface area contributed by atoms with Crippen LogP contribution >= 0.6 is 23.2 Å². The first kappa shape index (κ1) is 18.5. The van der Waals surface area contributed by atoms with Gasteiger partial charge in [-0.05, 0) is 37.1 Å². The van der Waals surface area contributed by atoms with Crippen LogP contribution < -0.4 is 0 Å². The largest absolute Gasteiger partial charge is 0.504 e. The van der Waals surface area contributed by atoms with Crippen LogP contribution in [0.1, 0.15) is 22.4 Å². The zero-order valence-corrected chi connectivity index (χ0v) is 14.6. The number of pyridine rings is 1. The number of aryl methyl sites for hydroxylation is 1. The van der Waals surface area contributed by atoms with Crippen molar-refractivity contribution in [1.29, 1.82) is 5.26 Å². The minimum atomic E-state index is -0.852. The molecular weight excluding hydrogens is 369 g/mol. The van der Waals surface area contributed by atoms with E-state index in [1.807, 2.05) is 6.07 Å². The lowest BCUT2D eigenvalue weighted by Gasteiger charge is -2.11. The SMILES string of the molecule is Cc1nc(Cl)c(/C(C#N)=C/c2cc(O)c(O)c([N+](=O)[O-])c2)c(C)c1Cl. The number of phenols is 2. The highest BCUT2D eigenvalue weighted by Crippen LogP contribution is 2.38. The van der Waals surface area contributed by atoms with Gasteiger partial charge >= 0.3 is 5.69 Å². The molecule has 7 nitrogen and oxygen atoms in total. The van der Waals surface area contributed by atoms with Gasteiger partial charge in [0.1, 0.15) is 5.15 Å². The third-order valence-electron chi connectivity index (χ3n) is 3.48. The number of aromatic hydroxyl groups is 2. The molecule has 2 N–H and O–H groups in total. The lowest BCUT2D eigenvalue weighted by atomic mass is 10.00. The van der Waals surface area contributed by atoms with Crippen LogP contribution in [0.4, 0.5) is 5.69 Å². The number of hydrogen-bond donors (Lipinski definition) is 2. The maximum Gasteiger partial charge on any atom is 0.315 e. The van der Waals surface area contributed by atoms with E-state index in [1.165, 1.54) is 6.08 Å². The minimum Gasteiger partial charge on any atom is -0.504 e.